The molecule has 0 aliphatic carbocycles. The van der Waals surface area contributed by atoms with E-state index < -0.39 is 5.97 Å². The maximum Gasteiger partial charge on any atom is 1.00 e. The number of aliphatic hydroxyl groups is 1. The number of phenolic OH excluding ortho intramolecular Hbond substituents is 2. The van der Waals surface area contributed by atoms with Crippen LogP contribution in [-0.4, -0.2) is 34.6 Å². The van der Waals surface area contributed by atoms with Gasteiger partial charge in [-0.15, -0.1) is 0 Å². The van der Waals surface area contributed by atoms with Crippen LogP contribution in [-0.2, 0) is 4.79 Å². The molecule has 0 saturated heterocycles. The molecule has 4 rings (SSSR count). The summed E-state index contributed by atoms with van der Waals surface area (Å²) in [5.41, 5.74) is 1.92. The van der Waals surface area contributed by atoms with E-state index >= 15 is 0 Å². The number of carbonyl (C=O) groups excluding carboxylic acids is 1. The van der Waals surface area contributed by atoms with Gasteiger partial charge in [0.05, 0.1) is 12.7 Å². The third-order valence-electron chi connectivity index (χ3n) is 3.73. The number of aromatic hydroxyl groups is 2. The van der Waals surface area contributed by atoms with Crippen LogP contribution in [0.1, 0.15) is 0 Å². The summed E-state index contributed by atoms with van der Waals surface area (Å²) in [5, 5.41) is 37.7. The summed E-state index contributed by atoms with van der Waals surface area (Å²) in [6, 6.07) is 38.4. The van der Waals surface area contributed by atoms with Gasteiger partial charge < -0.3 is 25.2 Å². The number of carbonyl (C=O) groups is 1. The molecule has 0 fully saturated rings. The van der Waals surface area contributed by atoms with Gasteiger partial charge in [-0.2, -0.15) is 36.4 Å². The van der Waals surface area contributed by atoms with Gasteiger partial charge in [-0.05, 0) is 23.8 Å². The number of nitrogens with one attached hydrogen (secondary N) is 1. The minimum absolute atomic E-state index is 0. The Kier molecular flexibility index (Phi) is 23.6. The van der Waals surface area contributed by atoms with Crippen molar-refractivity contribution in [2.45, 2.75) is 0 Å². The molecule has 0 unspecified atom stereocenters. The molecule has 4 N–H and O–H groups in total. The van der Waals surface area contributed by atoms with E-state index in [1.165, 1.54) is 0 Å². The molecule has 0 heterocycles. The van der Waals surface area contributed by atoms with Crippen LogP contribution in [0.25, 0.3) is 11.1 Å². The van der Waals surface area contributed by atoms with Gasteiger partial charge in [-0.3, -0.25) is 5.32 Å². The van der Waals surface area contributed by atoms with Crippen molar-refractivity contribution >= 4 is 5.97 Å². The monoisotopic (exact) mass is 491 g/mol. The fraction of sp³-hybridized carbons (Fsp3) is 0.0741. The second-order valence-corrected chi connectivity index (χ2v) is 6.25. The van der Waals surface area contributed by atoms with E-state index in [1.54, 1.807) is 30.3 Å². The first-order valence-electron chi connectivity index (χ1n) is 10.0. The fourth-order valence-electron chi connectivity index (χ4n) is 2.26. The molecule has 0 aliphatic rings. The number of phenols is 2. The first-order chi connectivity index (χ1) is 16.0. The molecule has 4 aromatic carbocycles. The number of hydrogen-bond acceptors (Lipinski definition) is 6. The van der Waals surface area contributed by atoms with Crippen molar-refractivity contribution in [1.82, 2.24) is 5.32 Å². The summed E-state index contributed by atoms with van der Waals surface area (Å²) in [6.45, 7) is -0.621. The molecule has 0 aliphatic heterocycles. The second-order valence-electron chi connectivity index (χ2n) is 6.25. The van der Waals surface area contributed by atoms with Gasteiger partial charge in [0.2, 0.25) is 0 Å². The van der Waals surface area contributed by atoms with Crippen LogP contribution in [0.5, 0.6) is 11.5 Å². The zero-order valence-corrected chi connectivity index (χ0v) is 24.0. The van der Waals surface area contributed by atoms with E-state index in [0.29, 0.717) is 11.5 Å². The van der Waals surface area contributed by atoms with E-state index in [2.05, 4.69) is 11.4 Å². The van der Waals surface area contributed by atoms with Crippen molar-refractivity contribution in [3.8, 4) is 22.6 Å². The third kappa shape index (κ3) is 18.8. The predicted molar refractivity (Wildman–Crippen MR) is 127 cm³/mol. The van der Waals surface area contributed by atoms with Gasteiger partial charge in [-0.1, -0.05) is 66.7 Å². The minimum Gasteiger partial charge on any atom is -0.549 e. The Balaban J connectivity index is 0. The van der Waals surface area contributed by atoms with Crippen LogP contribution in [0.3, 0.4) is 0 Å². The molecule has 172 valence electrons. The standard InChI is InChI=1S/C12H10O.C6H6O.C6H5.C3H7NO3.2Na/c13-12-9-5-4-8-11(12)10-6-2-1-3-7-10;7-6-4-2-1-3-5-6;1-2-4-6-5-3-1;5-2-4-1-3(6)7;;/h1-9,13H;1-5,7H;1-5H;4-5H,1-2H2,(H,6,7);;/q;;-1;;2*+1/p-1. The zero-order chi connectivity index (χ0) is 24.2. The maximum absolute atomic E-state index is 9.56. The third-order valence-corrected chi connectivity index (χ3v) is 3.73. The summed E-state index contributed by atoms with van der Waals surface area (Å²) in [4.78, 5) is 9.47. The number of rotatable bonds is 4. The van der Waals surface area contributed by atoms with Crippen molar-refractivity contribution < 1.29 is 84.3 Å². The Morgan fingerprint density at radius 3 is 1.57 bits per heavy atom. The average molecular weight is 491 g/mol. The normalized spacial score (nSPS) is 8.49. The second kappa shape index (κ2) is 23.6. The number of benzene rings is 4. The van der Waals surface area contributed by atoms with Crippen molar-refractivity contribution in [2.24, 2.45) is 0 Å². The minimum atomic E-state index is -1.21. The van der Waals surface area contributed by atoms with E-state index in [4.69, 9.17) is 10.2 Å². The largest absolute Gasteiger partial charge is 1.00 e. The number of aliphatic hydroxyl groups excluding tert-OH is 1. The zero-order valence-electron chi connectivity index (χ0n) is 20.0. The Bertz CT molecular complexity index is 981. The Morgan fingerprint density at radius 2 is 1.23 bits per heavy atom. The number of carboxylic acids is 1. The Labute approximate surface area is 250 Å². The van der Waals surface area contributed by atoms with Crippen LogP contribution in [0, 0.1) is 6.07 Å². The van der Waals surface area contributed by atoms with Gasteiger partial charge in [0, 0.05) is 12.1 Å². The topological polar surface area (TPSA) is 113 Å². The molecule has 0 bridgehead atoms. The van der Waals surface area contributed by atoms with Crippen LogP contribution >= 0.6 is 0 Å². The van der Waals surface area contributed by atoms with Crippen molar-refractivity contribution in [3.05, 3.63) is 121 Å². The van der Waals surface area contributed by atoms with Gasteiger partial charge in [-0.25, -0.2) is 0 Å². The molecule has 35 heavy (non-hydrogen) atoms. The molecular weight excluding hydrogens is 464 g/mol. The van der Waals surface area contributed by atoms with E-state index in [1.807, 2.05) is 84.9 Å². The number of hydrogen-bond donors (Lipinski definition) is 4. The van der Waals surface area contributed by atoms with Crippen molar-refractivity contribution in [2.75, 3.05) is 13.3 Å². The van der Waals surface area contributed by atoms with E-state index in [0.717, 1.165) is 11.1 Å². The molecule has 6 nitrogen and oxygen atoms in total. The molecule has 0 aromatic heterocycles. The molecule has 0 radical (unpaired) electrons. The maximum atomic E-state index is 9.56. The Hall–Kier alpha value is -2.13. The van der Waals surface area contributed by atoms with Crippen LogP contribution < -0.4 is 69.5 Å². The van der Waals surface area contributed by atoms with Gasteiger partial charge in [0.25, 0.3) is 0 Å². The molecule has 0 atom stereocenters. The summed E-state index contributed by atoms with van der Waals surface area (Å²) in [7, 11) is 0. The summed E-state index contributed by atoms with van der Waals surface area (Å²) >= 11 is 0. The smallest absolute Gasteiger partial charge is 0.549 e. The number of para-hydroxylation sites is 2. The van der Waals surface area contributed by atoms with Gasteiger partial charge in [0.15, 0.2) is 0 Å². The molecule has 0 amide bonds. The Morgan fingerprint density at radius 1 is 0.743 bits per heavy atom. The SMILES string of the molecule is O=C([O-])CNCO.Oc1ccccc1.Oc1ccccc1-c1ccccc1.[Na+].[Na+].[c-]1ccccc1. The predicted octanol–water partition coefficient (Wildman–Crippen LogP) is -2.78. The van der Waals surface area contributed by atoms with Gasteiger partial charge in [0.1, 0.15) is 11.5 Å². The summed E-state index contributed by atoms with van der Waals surface area (Å²) < 4.78 is 0. The first kappa shape index (κ1) is 35.0. The first-order valence-corrected chi connectivity index (χ1v) is 10.0. The molecular formula is C27H27NNa2O5. The van der Waals surface area contributed by atoms with Crippen molar-refractivity contribution in [3.63, 3.8) is 0 Å². The van der Waals surface area contributed by atoms with E-state index in [9.17, 15) is 15.0 Å². The average Bonchev–Trinajstić information content (AvgIpc) is 2.86. The van der Waals surface area contributed by atoms with E-state index in [-0.39, 0.29) is 72.4 Å². The number of aliphatic carboxylic acids is 1. The van der Waals surface area contributed by atoms with Crippen molar-refractivity contribution in [1.29, 1.82) is 0 Å². The molecule has 0 spiro atoms. The van der Waals surface area contributed by atoms with Crippen LogP contribution in [0.4, 0.5) is 0 Å². The number of carboxylic acid groups (broad SMARTS) is 1. The van der Waals surface area contributed by atoms with Gasteiger partial charge >= 0.3 is 59.1 Å². The fourth-order valence-corrected chi connectivity index (χ4v) is 2.26. The summed E-state index contributed by atoms with van der Waals surface area (Å²) in [5.74, 6) is -0.565. The van der Waals surface area contributed by atoms with Crippen LogP contribution in [0.2, 0.25) is 0 Å². The van der Waals surface area contributed by atoms with Crippen LogP contribution in [0.15, 0.2) is 115 Å². The molecule has 0 saturated carbocycles. The summed E-state index contributed by atoms with van der Waals surface area (Å²) in [6.07, 6.45) is 0. The quantitative estimate of drug-likeness (QED) is 0.140. The molecule has 8 heteroatoms. The molecule has 4 aromatic rings.